The van der Waals surface area contributed by atoms with Crippen LogP contribution in [0.2, 0.25) is 5.02 Å². The zero-order chi connectivity index (χ0) is 23.7. The first-order chi connectivity index (χ1) is 15.7. The molecule has 3 aromatic rings. The summed E-state index contributed by atoms with van der Waals surface area (Å²) in [5.41, 5.74) is 1.22. The third-order valence-corrected chi connectivity index (χ3v) is 5.48. The number of hydrogen-bond donors (Lipinski definition) is 1. The summed E-state index contributed by atoms with van der Waals surface area (Å²) in [6, 6.07) is 14.2. The second-order valence-electron chi connectivity index (χ2n) is 7.88. The van der Waals surface area contributed by atoms with Crippen LogP contribution in [0.1, 0.15) is 40.1 Å². The number of fused-ring (bicyclic) bond motifs is 1. The molecule has 6 nitrogen and oxygen atoms in total. The fourth-order valence-corrected chi connectivity index (χ4v) is 3.90. The van der Waals surface area contributed by atoms with Gasteiger partial charge >= 0.3 is 5.97 Å². The molecular formula is C25H21ClFNO5. The lowest BCUT2D eigenvalue weighted by Crippen LogP contribution is -2.37. The van der Waals surface area contributed by atoms with Crippen LogP contribution in [0.4, 0.5) is 4.39 Å². The summed E-state index contributed by atoms with van der Waals surface area (Å²) in [5.74, 6) is -1.32. The SMILES string of the molecule is CC(C)Oc1ccc(C(=O)N2COc3ccc(-c4cccc(C(=O)O)c4F)cc3C2)c(Cl)c1. The number of carboxylic acids is 1. The zero-order valence-corrected chi connectivity index (χ0v) is 18.7. The molecule has 8 heteroatoms. The average molecular weight is 470 g/mol. The highest BCUT2D eigenvalue weighted by Crippen LogP contribution is 2.33. The van der Waals surface area contributed by atoms with Crippen molar-refractivity contribution in [1.82, 2.24) is 4.90 Å². The van der Waals surface area contributed by atoms with Gasteiger partial charge in [-0.25, -0.2) is 9.18 Å². The van der Waals surface area contributed by atoms with Gasteiger partial charge in [-0.15, -0.1) is 0 Å². The summed E-state index contributed by atoms with van der Waals surface area (Å²) >= 11 is 6.33. The Labute approximate surface area is 195 Å². The van der Waals surface area contributed by atoms with Crippen molar-refractivity contribution in [3.63, 3.8) is 0 Å². The van der Waals surface area contributed by atoms with Gasteiger partial charge in [0.15, 0.2) is 6.73 Å². The van der Waals surface area contributed by atoms with Crippen LogP contribution in [0.3, 0.4) is 0 Å². The quantitative estimate of drug-likeness (QED) is 0.524. The molecule has 1 heterocycles. The number of carboxylic acid groups (broad SMARTS) is 1. The molecule has 1 amide bonds. The molecule has 0 atom stereocenters. The fourth-order valence-electron chi connectivity index (χ4n) is 3.65. The Morgan fingerprint density at radius 3 is 2.61 bits per heavy atom. The number of ether oxygens (including phenoxy) is 2. The van der Waals surface area contributed by atoms with Gasteiger partial charge in [0.25, 0.3) is 5.91 Å². The van der Waals surface area contributed by atoms with Gasteiger partial charge in [0.2, 0.25) is 0 Å². The van der Waals surface area contributed by atoms with Crippen LogP contribution in [0.5, 0.6) is 11.5 Å². The van der Waals surface area contributed by atoms with E-state index in [1.807, 2.05) is 13.8 Å². The van der Waals surface area contributed by atoms with Gasteiger partial charge < -0.3 is 19.5 Å². The van der Waals surface area contributed by atoms with Crippen molar-refractivity contribution >= 4 is 23.5 Å². The Hall–Kier alpha value is -3.58. The minimum absolute atomic E-state index is 0.0233. The van der Waals surface area contributed by atoms with E-state index in [1.165, 1.54) is 23.1 Å². The number of nitrogens with zero attached hydrogens (tertiary/aromatic N) is 1. The largest absolute Gasteiger partial charge is 0.491 e. The summed E-state index contributed by atoms with van der Waals surface area (Å²) in [7, 11) is 0. The first kappa shape index (κ1) is 22.6. The van der Waals surface area contributed by atoms with Crippen molar-refractivity contribution in [1.29, 1.82) is 0 Å². The maximum absolute atomic E-state index is 14.7. The number of carbonyl (C=O) groups is 2. The Kier molecular flexibility index (Phi) is 6.24. The minimum Gasteiger partial charge on any atom is -0.491 e. The van der Waals surface area contributed by atoms with Gasteiger partial charge in [-0.2, -0.15) is 0 Å². The number of rotatable bonds is 5. The van der Waals surface area contributed by atoms with Crippen LogP contribution >= 0.6 is 11.6 Å². The zero-order valence-electron chi connectivity index (χ0n) is 18.0. The molecule has 0 unspecified atom stereocenters. The summed E-state index contributed by atoms with van der Waals surface area (Å²) in [5, 5.41) is 9.46. The molecule has 1 aliphatic rings. The Morgan fingerprint density at radius 2 is 1.91 bits per heavy atom. The molecule has 1 aliphatic heterocycles. The summed E-state index contributed by atoms with van der Waals surface area (Å²) in [6.07, 6.45) is -0.0233. The van der Waals surface area contributed by atoms with Gasteiger partial charge in [0, 0.05) is 11.1 Å². The van der Waals surface area contributed by atoms with Crippen molar-refractivity contribution in [2.24, 2.45) is 0 Å². The first-order valence-electron chi connectivity index (χ1n) is 10.3. The van der Waals surface area contributed by atoms with E-state index in [1.54, 1.807) is 36.4 Å². The van der Waals surface area contributed by atoms with Crippen LogP contribution in [0.15, 0.2) is 54.6 Å². The van der Waals surface area contributed by atoms with Crippen molar-refractivity contribution < 1.29 is 28.6 Å². The maximum Gasteiger partial charge on any atom is 0.338 e. The van der Waals surface area contributed by atoms with E-state index in [0.29, 0.717) is 28.2 Å². The molecule has 0 saturated heterocycles. The average Bonchev–Trinajstić information content (AvgIpc) is 2.77. The summed E-state index contributed by atoms with van der Waals surface area (Å²) < 4.78 is 26.1. The molecule has 170 valence electrons. The highest BCUT2D eigenvalue weighted by molar-refractivity contribution is 6.34. The van der Waals surface area contributed by atoms with Gasteiger partial charge in [0.05, 0.1) is 28.8 Å². The highest BCUT2D eigenvalue weighted by Gasteiger charge is 2.25. The van der Waals surface area contributed by atoms with Crippen LogP contribution in [-0.2, 0) is 6.54 Å². The van der Waals surface area contributed by atoms with Crippen molar-refractivity contribution in [3.05, 3.63) is 82.1 Å². The number of benzene rings is 3. The molecule has 0 aromatic heterocycles. The molecule has 33 heavy (non-hydrogen) atoms. The van der Waals surface area contributed by atoms with Gasteiger partial charge in [-0.1, -0.05) is 29.8 Å². The molecule has 0 bridgehead atoms. The summed E-state index contributed by atoms with van der Waals surface area (Å²) in [6.45, 7) is 4.05. The van der Waals surface area contributed by atoms with E-state index in [4.69, 9.17) is 21.1 Å². The van der Waals surface area contributed by atoms with E-state index in [0.717, 1.165) is 0 Å². The second kappa shape index (κ2) is 9.11. The minimum atomic E-state index is -1.34. The molecule has 1 N–H and O–H groups in total. The predicted octanol–water partition coefficient (Wildman–Crippen LogP) is 5.62. The highest BCUT2D eigenvalue weighted by atomic mass is 35.5. The molecule has 0 radical (unpaired) electrons. The summed E-state index contributed by atoms with van der Waals surface area (Å²) in [4.78, 5) is 25.8. The lowest BCUT2D eigenvalue weighted by Gasteiger charge is -2.29. The van der Waals surface area contributed by atoms with Crippen molar-refractivity contribution in [2.45, 2.75) is 26.5 Å². The number of aromatic carboxylic acids is 1. The van der Waals surface area contributed by atoms with Crippen molar-refractivity contribution in [3.8, 4) is 22.6 Å². The smallest absolute Gasteiger partial charge is 0.338 e. The number of hydrogen-bond acceptors (Lipinski definition) is 4. The number of carbonyl (C=O) groups excluding carboxylic acids is 1. The van der Waals surface area contributed by atoms with E-state index < -0.39 is 17.3 Å². The molecule has 0 fully saturated rings. The van der Waals surface area contributed by atoms with Gasteiger partial charge in [-0.05, 0) is 55.8 Å². The topological polar surface area (TPSA) is 76.1 Å². The van der Waals surface area contributed by atoms with E-state index in [2.05, 4.69) is 0 Å². The number of halogens is 2. The normalized spacial score (nSPS) is 12.8. The lowest BCUT2D eigenvalue weighted by molar-refractivity contribution is 0.0514. The molecule has 0 aliphatic carbocycles. The number of amides is 1. The molecule has 0 spiro atoms. The van der Waals surface area contributed by atoms with E-state index in [-0.39, 0.29) is 35.9 Å². The Balaban J connectivity index is 1.60. The lowest BCUT2D eigenvalue weighted by atomic mass is 9.99. The van der Waals surface area contributed by atoms with Crippen LogP contribution in [-0.4, -0.2) is 34.7 Å². The third-order valence-electron chi connectivity index (χ3n) is 5.17. The fraction of sp³-hybridized carbons (Fsp3) is 0.200. The third kappa shape index (κ3) is 4.64. The first-order valence-corrected chi connectivity index (χ1v) is 10.7. The van der Waals surface area contributed by atoms with Crippen molar-refractivity contribution in [2.75, 3.05) is 6.73 Å². The second-order valence-corrected chi connectivity index (χ2v) is 8.29. The molecule has 0 saturated carbocycles. The van der Waals surface area contributed by atoms with Gasteiger partial charge in [0.1, 0.15) is 17.3 Å². The monoisotopic (exact) mass is 469 g/mol. The van der Waals surface area contributed by atoms with E-state index >= 15 is 0 Å². The van der Waals surface area contributed by atoms with E-state index in [9.17, 15) is 19.1 Å². The van der Waals surface area contributed by atoms with Gasteiger partial charge in [-0.3, -0.25) is 4.79 Å². The molecule has 3 aromatic carbocycles. The molecule has 4 rings (SSSR count). The Bertz CT molecular complexity index is 1240. The predicted molar refractivity (Wildman–Crippen MR) is 121 cm³/mol. The maximum atomic E-state index is 14.7. The Morgan fingerprint density at radius 1 is 1.12 bits per heavy atom. The van der Waals surface area contributed by atoms with Crippen LogP contribution in [0, 0.1) is 5.82 Å². The molecular weight excluding hydrogens is 449 g/mol. The standard InChI is InChI=1S/C25H21ClFNO5/c1-14(2)33-17-7-8-19(21(26)11-17)24(29)28-12-16-10-15(6-9-22(16)32-13-28)18-4-3-5-20(23(18)27)25(30)31/h3-11,14H,12-13H2,1-2H3,(H,30,31). The van der Waals surface area contributed by atoms with Crippen LogP contribution in [0.25, 0.3) is 11.1 Å². The van der Waals surface area contributed by atoms with Crippen LogP contribution < -0.4 is 9.47 Å².